The molecule has 4 atom stereocenters. The molecule has 1 amide bonds. The van der Waals surface area contributed by atoms with Crippen molar-refractivity contribution in [1.82, 2.24) is 9.76 Å². The molecule has 0 aromatic heterocycles. The minimum absolute atomic E-state index is 0.0633. The van der Waals surface area contributed by atoms with Crippen molar-refractivity contribution in [1.29, 1.82) is 0 Å². The zero-order chi connectivity index (χ0) is 7.56. The maximum absolute atomic E-state index is 11.1. The van der Waals surface area contributed by atoms with E-state index in [0.29, 0.717) is 8.42 Å². The fourth-order valence-electron chi connectivity index (χ4n) is 0.937. The Morgan fingerprint density at radius 2 is 2.50 bits per heavy atom. The number of nitrogens with one attached hydrogen (secondary N) is 1. The van der Waals surface area contributed by atoms with Gasteiger partial charge in [-0.1, -0.05) is 8.93 Å². The lowest BCUT2D eigenvalue weighted by Gasteiger charge is -2.09. The molecule has 0 spiro atoms. The molecule has 1 aliphatic rings. The van der Waals surface area contributed by atoms with Gasteiger partial charge in [0, 0.05) is 6.54 Å². The molecule has 0 bridgehead atoms. The van der Waals surface area contributed by atoms with E-state index in [0.717, 1.165) is 13.0 Å². The van der Waals surface area contributed by atoms with Crippen molar-refractivity contribution >= 4 is 32.6 Å². The van der Waals surface area contributed by atoms with Gasteiger partial charge in [0.2, 0.25) is 5.91 Å². The quantitative estimate of drug-likeness (QED) is 0.646. The SMILES string of the molecule is O=C1C(NPP)CCN1P. The highest BCUT2D eigenvalue weighted by atomic mass is 32.0. The summed E-state index contributed by atoms with van der Waals surface area (Å²) < 4.78 is 1.68. The van der Waals surface area contributed by atoms with Crippen LogP contribution < -0.4 is 5.09 Å². The molecule has 0 saturated carbocycles. The van der Waals surface area contributed by atoms with Gasteiger partial charge in [0.25, 0.3) is 0 Å². The Balaban J connectivity index is 2.41. The number of carbonyl (C=O) groups excluding carboxylic acids is 1. The second kappa shape index (κ2) is 3.93. The minimum atomic E-state index is 0.0633. The molecule has 1 N–H and O–H groups in total. The van der Waals surface area contributed by atoms with Crippen molar-refractivity contribution in [2.45, 2.75) is 12.5 Å². The van der Waals surface area contributed by atoms with Crippen LogP contribution in [0.4, 0.5) is 0 Å². The molecule has 1 heterocycles. The van der Waals surface area contributed by atoms with E-state index in [4.69, 9.17) is 0 Å². The van der Waals surface area contributed by atoms with Crippen LogP contribution in [0.3, 0.4) is 0 Å². The van der Waals surface area contributed by atoms with Gasteiger partial charge >= 0.3 is 0 Å². The fraction of sp³-hybridized carbons (Fsp3) is 0.750. The summed E-state index contributed by atoms with van der Waals surface area (Å²) in [5.41, 5.74) is 0. The Morgan fingerprint density at radius 3 is 2.90 bits per heavy atom. The molecule has 1 fully saturated rings. The number of hydrogen-bond donors (Lipinski definition) is 1. The highest BCUT2D eigenvalue weighted by molar-refractivity contribution is 8.01. The zero-order valence-electron chi connectivity index (χ0n) is 5.50. The van der Waals surface area contributed by atoms with Crippen LogP contribution in [-0.2, 0) is 4.79 Å². The van der Waals surface area contributed by atoms with Gasteiger partial charge in [0.15, 0.2) is 0 Å². The molecule has 1 aliphatic heterocycles. The summed E-state index contributed by atoms with van der Waals surface area (Å²) in [6, 6.07) is 0.0633. The maximum Gasteiger partial charge on any atom is 0.242 e. The first kappa shape index (κ1) is 8.81. The predicted molar refractivity (Wildman–Crippen MR) is 51.0 cm³/mol. The topological polar surface area (TPSA) is 32.3 Å². The molecule has 4 unspecified atom stereocenters. The Morgan fingerprint density at radius 1 is 1.80 bits per heavy atom. The first-order valence-corrected chi connectivity index (χ1v) is 6.35. The lowest BCUT2D eigenvalue weighted by molar-refractivity contribution is -0.124. The third-order valence-electron chi connectivity index (χ3n) is 1.50. The number of hydrogen-bond acceptors (Lipinski definition) is 2. The van der Waals surface area contributed by atoms with Gasteiger partial charge < -0.3 is 4.67 Å². The standard InChI is InChI=1S/C4H11N2OP3/c7-4-3(5-10-9)1-2-6(4)8/h3,5,10H,1-2,8-9H2. The van der Waals surface area contributed by atoms with E-state index in [9.17, 15) is 4.79 Å². The molecular formula is C4H11N2OP3. The largest absolute Gasteiger partial charge is 0.326 e. The molecular weight excluding hydrogens is 185 g/mol. The molecule has 6 heteroatoms. The summed E-state index contributed by atoms with van der Waals surface area (Å²) in [5, 5.41) is 3.11. The van der Waals surface area contributed by atoms with Gasteiger partial charge in [0.1, 0.15) is 0 Å². The highest BCUT2D eigenvalue weighted by Gasteiger charge is 2.27. The van der Waals surface area contributed by atoms with Crippen molar-refractivity contribution in [2.75, 3.05) is 6.54 Å². The second-order valence-electron chi connectivity index (χ2n) is 2.16. The fourth-order valence-corrected chi connectivity index (χ4v) is 2.34. The molecule has 58 valence electrons. The summed E-state index contributed by atoms with van der Waals surface area (Å²) in [4.78, 5) is 11.1. The van der Waals surface area contributed by atoms with Crippen molar-refractivity contribution in [3.63, 3.8) is 0 Å². The average molecular weight is 196 g/mol. The predicted octanol–water partition coefficient (Wildman–Crippen LogP) is 0.351. The lowest BCUT2D eigenvalue weighted by Crippen LogP contribution is -2.29. The van der Waals surface area contributed by atoms with E-state index >= 15 is 0 Å². The van der Waals surface area contributed by atoms with E-state index in [1.165, 1.54) is 0 Å². The molecule has 1 rings (SSSR count). The minimum Gasteiger partial charge on any atom is -0.326 e. The second-order valence-corrected chi connectivity index (χ2v) is 4.23. The van der Waals surface area contributed by atoms with E-state index < -0.39 is 0 Å². The Bertz CT molecular complexity index is 140. The smallest absolute Gasteiger partial charge is 0.242 e. The van der Waals surface area contributed by atoms with Gasteiger partial charge in [-0.05, 0) is 24.2 Å². The lowest BCUT2D eigenvalue weighted by atomic mass is 10.3. The van der Waals surface area contributed by atoms with Crippen LogP contribution in [-0.4, -0.2) is 23.2 Å². The summed E-state index contributed by atoms with van der Waals surface area (Å²) in [5.74, 6) is 0.194. The van der Waals surface area contributed by atoms with Crippen molar-refractivity contribution in [2.24, 2.45) is 0 Å². The molecule has 0 aromatic carbocycles. The van der Waals surface area contributed by atoms with E-state index in [-0.39, 0.29) is 11.9 Å². The third kappa shape index (κ3) is 1.86. The van der Waals surface area contributed by atoms with Gasteiger partial charge in [-0.25, -0.2) is 0 Å². The highest BCUT2D eigenvalue weighted by Crippen LogP contribution is 2.21. The molecule has 0 aliphatic carbocycles. The maximum atomic E-state index is 11.1. The number of amides is 1. The summed E-state index contributed by atoms with van der Waals surface area (Å²) in [7, 11) is 5.58. The van der Waals surface area contributed by atoms with E-state index in [1.807, 2.05) is 0 Å². The molecule has 3 nitrogen and oxygen atoms in total. The Labute approximate surface area is 66.9 Å². The number of nitrogens with zero attached hydrogens (tertiary/aromatic N) is 1. The van der Waals surface area contributed by atoms with Crippen LogP contribution in [0.25, 0.3) is 0 Å². The van der Waals surface area contributed by atoms with Crippen LogP contribution in [0.15, 0.2) is 0 Å². The van der Waals surface area contributed by atoms with Crippen molar-refractivity contribution < 1.29 is 4.79 Å². The monoisotopic (exact) mass is 196 g/mol. The van der Waals surface area contributed by atoms with Gasteiger partial charge in [-0.15, -0.1) is 0 Å². The molecule has 0 radical (unpaired) electrons. The Hall–Kier alpha value is 0.720. The van der Waals surface area contributed by atoms with Crippen LogP contribution in [0.1, 0.15) is 6.42 Å². The van der Waals surface area contributed by atoms with Gasteiger partial charge in [0.05, 0.1) is 6.04 Å². The molecule has 1 saturated heterocycles. The van der Waals surface area contributed by atoms with Crippen LogP contribution in [0.5, 0.6) is 0 Å². The van der Waals surface area contributed by atoms with Crippen LogP contribution >= 0.6 is 26.7 Å². The summed E-state index contributed by atoms with van der Waals surface area (Å²) >= 11 is 0. The van der Waals surface area contributed by atoms with Crippen molar-refractivity contribution in [3.05, 3.63) is 0 Å². The van der Waals surface area contributed by atoms with E-state index in [2.05, 4.69) is 23.4 Å². The summed E-state index contributed by atoms with van der Waals surface area (Å²) in [6.07, 6.45) is 0.934. The summed E-state index contributed by atoms with van der Waals surface area (Å²) in [6.45, 7) is 0.857. The molecule has 0 aromatic rings. The number of carbonyl (C=O) groups is 1. The normalized spacial score (nSPS) is 27.2. The zero-order valence-corrected chi connectivity index (χ0v) is 8.81. The molecule has 10 heavy (non-hydrogen) atoms. The van der Waals surface area contributed by atoms with Gasteiger partial charge in [-0.2, -0.15) is 0 Å². The van der Waals surface area contributed by atoms with Crippen molar-refractivity contribution in [3.8, 4) is 0 Å². The number of rotatable bonds is 2. The van der Waals surface area contributed by atoms with Crippen LogP contribution in [0.2, 0.25) is 0 Å². The average Bonchev–Trinajstić information content (AvgIpc) is 2.20. The third-order valence-corrected chi connectivity index (χ3v) is 3.03. The first-order chi connectivity index (χ1) is 4.75. The van der Waals surface area contributed by atoms with E-state index in [1.54, 1.807) is 4.67 Å². The first-order valence-electron chi connectivity index (χ1n) is 3.03. The van der Waals surface area contributed by atoms with Crippen LogP contribution in [0, 0.1) is 0 Å². The van der Waals surface area contributed by atoms with Gasteiger partial charge in [-0.3, -0.25) is 9.88 Å². The Kier molecular flexibility index (Phi) is 3.46.